The highest BCUT2D eigenvalue weighted by molar-refractivity contribution is 6.01. The van der Waals surface area contributed by atoms with Crippen molar-refractivity contribution < 1.29 is 4.92 Å². The van der Waals surface area contributed by atoms with Crippen molar-refractivity contribution in [1.82, 2.24) is 19.9 Å². The largest absolute Gasteiger partial charge is 0.344 e. The molecule has 7 nitrogen and oxygen atoms in total. The minimum Gasteiger partial charge on any atom is -0.344 e. The molecule has 0 amide bonds. The van der Waals surface area contributed by atoms with Gasteiger partial charge in [-0.1, -0.05) is 0 Å². The van der Waals surface area contributed by atoms with Crippen molar-refractivity contribution in [2.24, 2.45) is 0 Å². The van der Waals surface area contributed by atoms with Gasteiger partial charge in [-0.3, -0.25) is 10.1 Å². The van der Waals surface area contributed by atoms with Crippen molar-refractivity contribution >= 4 is 27.8 Å². The summed E-state index contributed by atoms with van der Waals surface area (Å²) in [5.74, 6) is 0. The van der Waals surface area contributed by atoms with E-state index in [2.05, 4.69) is 19.9 Å². The van der Waals surface area contributed by atoms with E-state index in [-0.39, 0.29) is 5.69 Å². The standard InChI is InChI=1S/C8H5N5O2/c14-13(15)8-6-4(9-2-11-6)1-5-7(8)12-3-10-5/h1-3H,(H,9,11)(H,10,12). The Kier molecular flexibility index (Phi) is 1.34. The molecule has 7 heteroatoms. The summed E-state index contributed by atoms with van der Waals surface area (Å²) in [6.07, 6.45) is 2.85. The molecule has 1 aromatic carbocycles. The van der Waals surface area contributed by atoms with E-state index in [1.807, 2.05) is 0 Å². The van der Waals surface area contributed by atoms with Crippen molar-refractivity contribution in [3.63, 3.8) is 0 Å². The lowest BCUT2D eigenvalue weighted by Gasteiger charge is -1.94. The van der Waals surface area contributed by atoms with Crippen molar-refractivity contribution in [3.8, 4) is 0 Å². The average molecular weight is 203 g/mol. The number of aromatic nitrogens is 4. The fourth-order valence-corrected chi connectivity index (χ4v) is 1.64. The van der Waals surface area contributed by atoms with Crippen molar-refractivity contribution in [1.29, 1.82) is 0 Å². The van der Waals surface area contributed by atoms with E-state index in [1.54, 1.807) is 6.07 Å². The van der Waals surface area contributed by atoms with Gasteiger partial charge in [0, 0.05) is 0 Å². The second-order valence-electron chi connectivity index (χ2n) is 3.08. The molecule has 0 atom stereocenters. The van der Waals surface area contributed by atoms with Crippen LogP contribution in [-0.4, -0.2) is 24.9 Å². The van der Waals surface area contributed by atoms with Crippen LogP contribution in [0.4, 0.5) is 5.69 Å². The van der Waals surface area contributed by atoms with Crippen LogP contribution in [-0.2, 0) is 0 Å². The van der Waals surface area contributed by atoms with Crippen molar-refractivity contribution in [2.45, 2.75) is 0 Å². The number of nitrogens with one attached hydrogen (secondary N) is 2. The minimum atomic E-state index is -0.466. The molecule has 0 unspecified atom stereocenters. The van der Waals surface area contributed by atoms with Crippen molar-refractivity contribution in [3.05, 3.63) is 28.8 Å². The first-order valence-electron chi connectivity index (χ1n) is 4.21. The number of nitrogens with zero attached hydrogens (tertiary/aromatic N) is 3. The Morgan fingerprint density at radius 1 is 1.13 bits per heavy atom. The lowest BCUT2D eigenvalue weighted by Crippen LogP contribution is -1.91. The minimum absolute atomic E-state index is 0.0648. The molecule has 0 bridgehead atoms. The van der Waals surface area contributed by atoms with Gasteiger partial charge in [0.1, 0.15) is 0 Å². The second kappa shape index (κ2) is 2.53. The van der Waals surface area contributed by atoms with Gasteiger partial charge in [-0.2, -0.15) is 0 Å². The van der Waals surface area contributed by atoms with E-state index in [0.717, 1.165) is 0 Å². The molecule has 2 N–H and O–H groups in total. The van der Waals surface area contributed by atoms with Gasteiger partial charge >= 0.3 is 5.69 Å². The number of imidazole rings is 2. The molecule has 0 aliphatic rings. The first kappa shape index (κ1) is 7.92. The van der Waals surface area contributed by atoms with Crippen LogP contribution < -0.4 is 0 Å². The predicted molar refractivity (Wildman–Crippen MR) is 52.4 cm³/mol. The number of aromatic amines is 2. The molecule has 3 rings (SSSR count). The fourth-order valence-electron chi connectivity index (χ4n) is 1.64. The maximum absolute atomic E-state index is 10.9. The van der Waals surface area contributed by atoms with Gasteiger partial charge in [0.05, 0.1) is 28.6 Å². The van der Waals surface area contributed by atoms with Gasteiger partial charge < -0.3 is 9.97 Å². The summed E-state index contributed by atoms with van der Waals surface area (Å²) in [7, 11) is 0. The number of hydrogen-bond acceptors (Lipinski definition) is 4. The van der Waals surface area contributed by atoms with Gasteiger partial charge in [-0.25, -0.2) is 9.97 Å². The number of benzene rings is 1. The van der Waals surface area contributed by atoms with Crippen LogP contribution in [0.1, 0.15) is 0 Å². The normalized spacial score (nSPS) is 11.2. The number of non-ortho nitro benzene ring substituents is 1. The van der Waals surface area contributed by atoms with E-state index >= 15 is 0 Å². The van der Waals surface area contributed by atoms with Crippen LogP contribution in [0.2, 0.25) is 0 Å². The number of hydrogen-bond donors (Lipinski definition) is 2. The topological polar surface area (TPSA) is 100 Å². The number of fused-ring (bicyclic) bond motifs is 2. The first-order chi connectivity index (χ1) is 7.27. The summed E-state index contributed by atoms with van der Waals surface area (Å²) >= 11 is 0. The van der Waals surface area contributed by atoms with Gasteiger partial charge in [-0.05, 0) is 6.07 Å². The van der Waals surface area contributed by atoms with E-state index in [0.29, 0.717) is 22.1 Å². The molecule has 0 saturated carbocycles. The Labute approximate surface area is 82.3 Å². The molecule has 15 heavy (non-hydrogen) atoms. The van der Waals surface area contributed by atoms with Crippen LogP contribution in [0.15, 0.2) is 18.7 Å². The first-order valence-corrected chi connectivity index (χ1v) is 4.21. The zero-order valence-electron chi connectivity index (χ0n) is 7.39. The van der Waals surface area contributed by atoms with E-state index in [9.17, 15) is 10.1 Å². The molecule has 0 spiro atoms. The van der Waals surface area contributed by atoms with Gasteiger partial charge in [0.2, 0.25) is 0 Å². The van der Waals surface area contributed by atoms with Crippen LogP contribution in [0.25, 0.3) is 22.1 Å². The molecular weight excluding hydrogens is 198 g/mol. The van der Waals surface area contributed by atoms with Gasteiger partial charge in [0.15, 0.2) is 11.0 Å². The third-order valence-corrected chi connectivity index (χ3v) is 2.26. The van der Waals surface area contributed by atoms with Gasteiger partial charge in [0.25, 0.3) is 0 Å². The molecule has 2 aromatic heterocycles. The molecule has 74 valence electrons. The SMILES string of the molecule is O=[N+]([O-])c1c2nc[nH]c2cc2[nH]cnc12. The molecule has 0 radical (unpaired) electrons. The Hall–Kier alpha value is -2.44. The van der Waals surface area contributed by atoms with Crippen LogP contribution in [0.3, 0.4) is 0 Å². The third kappa shape index (κ3) is 0.938. The summed E-state index contributed by atoms with van der Waals surface area (Å²) < 4.78 is 0. The van der Waals surface area contributed by atoms with Crippen LogP contribution >= 0.6 is 0 Å². The van der Waals surface area contributed by atoms with E-state index < -0.39 is 4.92 Å². The lowest BCUT2D eigenvalue weighted by molar-refractivity contribution is -0.381. The summed E-state index contributed by atoms with van der Waals surface area (Å²) in [4.78, 5) is 24.0. The smallest absolute Gasteiger partial charge is 0.324 e. The number of H-pyrrole nitrogens is 2. The van der Waals surface area contributed by atoms with Crippen LogP contribution in [0, 0.1) is 10.1 Å². The Morgan fingerprint density at radius 2 is 1.67 bits per heavy atom. The number of rotatable bonds is 1. The van der Waals surface area contributed by atoms with E-state index in [4.69, 9.17) is 0 Å². The third-order valence-electron chi connectivity index (χ3n) is 2.26. The zero-order chi connectivity index (χ0) is 10.4. The quantitative estimate of drug-likeness (QED) is 0.460. The molecule has 3 aromatic rings. The zero-order valence-corrected chi connectivity index (χ0v) is 7.39. The highest BCUT2D eigenvalue weighted by Gasteiger charge is 2.21. The van der Waals surface area contributed by atoms with Gasteiger partial charge in [-0.15, -0.1) is 0 Å². The number of nitro benzene ring substituents is 1. The van der Waals surface area contributed by atoms with Crippen molar-refractivity contribution in [2.75, 3.05) is 0 Å². The lowest BCUT2D eigenvalue weighted by atomic mass is 10.2. The highest BCUT2D eigenvalue weighted by atomic mass is 16.6. The fraction of sp³-hybridized carbons (Fsp3) is 0. The average Bonchev–Trinajstić information content (AvgIpc) is 2.79. The Balaban J connectivity index is 2.62. The van der Waals surface area contributed by atoms with E-state index in [1.165, 1.54) is 12.7 Å². The molecule has 2 heterocycles. The predicted octanol–water partition coefficient (Wildman–Crippen LogP) is 1.35. The molecule has 0 fully saturated rings. The highest BCUT2D eigenvalue weighted by Crippen LogP contribution is 2.30. The van der Waals surface area contributed by atoms with Crippen LogP contribution in [0.5, 0.6) is 0 Å². The summed E-state index contributed by atoms with van der Waals surface area (Å²) in [6.45, 7) is 0. The summed E-state index contributed by atoms with van der Waals surface area (Å²) in [6, 6.07) is 1.75. The molecule has 0 aliphatic carbocycles. The second-order valence-corrected chi connectivity index (χ2v) is 3.08. The maximum Gasteiger partial charge on any atom is 0.324 e. The summed E-state index contributed by atoms with van der Waals surface area (Å²) in [5.41, 5.74) is 1.85. The maximum atomic E-state index is 10.9. The summed E-state index contributed by atoms with van der Waals surface area (Å²) in [5, 5.41) is 10.9. The number of nitro groups is 1. The monoisotopic (exact) mass is 203 g/mol. The molecular formula is C8H5N5O2. The Morgan fingerprint density at radius 3 is 2.13 bits per heavy atom. The molecule has 0 saturated heterocycles. The Bertz CT molecular complexity index is 619. The molecule has 0 aliphatic heterocycles.